The molecule has 3 heterocycles. The minimum atomic E-state index is -0.0691. The van der Waals surface area contributed by atoms with Gasteiger partial charge in [-0.1, -0.05) is 12.8 Å². The van der Waals surface area contributed by atoms with Crippen molar-refractivity contribution in [1.29, 1.82) is 0 Å². The fourth-order valence-electron chi connectivity index (χ4n) is 4.36. The molecule has 0 radical (unpaired) electrons. The summed E-state index contributed by atoms with van der Waals surface area (Å²) >= 11 is 0. The molecular weight excluding hydrogens is 314 g/mol. The van der Waals surface area contributed by atoms with Crippen molar-refractivity contribution in [3.05, 3.63) is 40.4 Å². The van der Waals surface area contributed by atoms with Crippen LogP contribution in [0.3, 0.4) is 0 Å². The second-order valence-electron chi connectivity index (χ2n) is 7.50. The average Bonchev–Trinajstić information content (AvgIpc) is 3.15. The lowest BCUT2D eigenvalue weighted by atomic mass is 9.92. The fraction of sp³-hybridized carbons (Fsp3) is 0.550. The standard InChI is InChI=1S/C20H25N3O2/c24-19(12-14-4-1-2-5-14)23-10-7-15(8-11-23)17-13-18-16(20(25)22-17)6-3-9-21-18/h3,6,9,13-15H,1-2,4-5,7-8,10-12H2,(H,22,25). The van der Waals surface area contributed by atoms with E-state index in [-0.39, 0.29) is 5.56 Å². The maximum atomic E-state index is 12.5. The summed E-state index contributed by atoms with van der Waals surface area (Å²) in [7, 11) is 0. The Morgan fingerprint density at radius 3 is 2.72 bits per heavy atom. The monoisotopic (exact) mass is 339 g/mol. The lowest BCUT2D eigenvalue weighted by molar-refractivity contribution is -0.133. The molecule has 2 aromatic heterocycles. The van der Waals surface area contributed by atoms with E-state index in [4.69, 9.17) is 0 Å². The minimum absolute atomic E-state index is 0.0691. The second-order valence-corrected chi connectivity index (χ2v) is 7.50. The van der Waals surface area contributed by atoms with E-state index in [1.165, 1.54) is 25.7 Å². The first-order valence-corrected chi connectivity index (χ1v) is 9.46. The molecule has 4 rings (SSSR count). The quantitative estimate of drug-likeness (QED) is 0.934. The molecule has 132 valence electrons. The summed E-state index contributed by atoms with van der Waals surface area (Å²) in [5.41, 5.74) is 1.64. The Balaban J connectivity index is 1.41. The zero-order chi connectivity index (χ0) is 17.2. The number of carbonyl (C=O) groups excluding carboxylic acids is 1. The van der Waals surface area contributed by atoms with Crippen LogP contribution in [0.4, 0.5) is 0 Å². The number of likely N-dealkylation sites (tertiary alicyclic amines) is 1. The van der Waals surface area contributed by atoms with Crippen LogP contribution in [0.15, 0.2) is 29.2 Å². The highest BCUT2D eigenvalue weighted by molar-refractivity contribution is 5.78. The van der Waals surface area contributed by atoms with Gasteiger partial charge >= 0.3 is 0 Å². The van der Waals surface area contributed by atoms with E-state index in [1.807, 2.05) is 11.0 Å². The lowest BCUT2D eigenvalue weighted by Gasteiger charge is -2.32. The number of amides is 1. The Morgan fingerprint density at radius 2 is 1.96 bits per heavy atom. The SMILES string of the molecule is O=C(CC1CCCC1)N1CCC(c2cc3ncccc3c(=O)[nH]2)CC1. The third-order valence-corrected chi connectivity index (χ3v) is 5.86. The lowest BCUT2D eigenvalue weighted by Crippen LogP contribution is -2.38. The molecule has 0 aromatic carbocycles. The number of aromatic amines is 1. The number of fused-ring (bicyclic) bond motifs is 1. The van der Waals surface area contributed by atoms with Crippen molar-refractivity contribution in [3.8, 4) is 0 Å². The first kappa shape index (κ1) is 16.3. The minimum Gasteiger partial charge on any atom is -0.343 e. The van der Waals surface area contributed by atoms with Crippen LogP contribution >= 0.6 is 0 Å². The summed E-state index contributed by atoms with van der Waals surface area (Å²) < 4.78 is 0. The van der Waals surface area contributed by atoms with Crippen LogP contribution in [0.2, 0.25) is 0 Å². The van der Waals surface area contributed by atoms with Gasteiger partial charge in [0.2, 0.25) is 5.91 Å². The van der Waals surface area contributed by atoms with E-state index in [2.05, 4.69) is 9.97 Å². The molecular formula is C20H25N3O2. The number of aromatic nitrogens is 2. The van der Waals surface area contributed by atoms with Crippen molar-refractivity contribution in [2.75, 3.05) is 13.1 Å². The largest absolute Gasteiger partial charge is 0.343 e. The van der Waals surface area contributed by atoms with Crippen LogP contribution in [-0.2, 0) is 4.79 Å². The highest BCUT2D eigenvalue weighted by Gasteiger charge is 2.27. The predicted octanol–water partition coefficient (Wildman–Crippen LogP) is 3.21. The third-order valence-electron chi connectivity index (χ3n) is 5.86. The van der Waals surface area contributed by atoms with Crippen LogP contribution in [0, 0.1) is 5.92 Å². The Bertz CT molecular complexity index is 815. The number of H-pyrrole nitrogens is 1. The van der Waals surface area contributed by atoms with Crippen molar-refractivity contribution < 1.29 is 4.79 Å². The van der Waals surface area contributed by atoms with Gasteiger partial charge in [-0.15, -0.1) is 0 Å². The fourth-order valence-corrected chi connectivity index (χ4v) is 4.36. The van der Waals surface area contributed by atoms with Gasteiger partial charge in [0.25, 0.3) is 5.56 Å². The molecule has 5 heteroatoms. The molecule has 1 saturated carbocycles. The van der Waals surface area contributed by atoms with Gasteiger partial charge < -0.3 is 9.88 Å². The number of nitrogens with one attached hydrogen (secondary N) is 1. The molecule has 2 aliphatic rings. The first-order chi connectivity index (χ1) is 12.2. The van der Waals surface area contributed by atoms with Gasteiger partial charge in [0.15, 0.2) is 0 Å². The van der Waals surface area contributed by atoms with Crippen LogP contribution in [0.1, 0.15) is 56.6 Å². The number of hydrogen-bond acceptors (Lipinski definition) is 3. The summed E-state index contributed by atoms with van der Waals surface area (Å²) in [6, 6.07) is 5.58. The number of carbonyl (C=O) groups is 1. The molecule has 1 aliphatic heterocycles. The van der Waals surface area contributed by atoms with E-state index in [9.17, 15) is 9.59 Å². The van der Waals surface area contributed by atoms with Crippen molar-refractivity contribution >= 4 is 16.8 Å². The van der Waals surface area contributed by atoms with Crippen LogP contribution in [-0.4, -0.2) is 33.9 Å². The molecule has 25 heavy (non-hydrogen) atoms. The van der Waals surface area contributed by atoms with Gasteiger partial charge in [-0.2, -0.15) is 0 Å². The van der Waals surface area contributed by atoms with Gasteiger partial charge in [0.05, 0.1) is 10.9 Å². The van der Waals surface area contributed by atoms with Crippen molar-refractivity contribution in [2.24, 2.45) is 5.92 Å². The zero-order valence-electron chi connectivity index (χ0n) is 14.5. The molecule has 0 bridgehead atoms. The smallest absolute Gasteiger partial charge is 0.257 e. The predicted molar refractivity (Wildman–Crippen MR) is 97.5 cm³/mol. The number of pyridine rings is 2. The first-order valence-electron chi connectivity index (χ1n) is 9.46. The highest BCUT2D eigenvalue weighted by atomic mass is 16.2. The second kappa shape index (κ2) is 6.98. The number of piperidine rings is 1. The molecule has 2 fully saturated rings. The molecule has 2 aromatic rings. The molecule has 1 aliphatic carbocycles. The van der Waals surface area contributed by atoms with Crippen LogP contribution in [0.25, 0.3) is 10.9 Å². The number of nitrogens with zero attached hydrogens (tertiary/aromatic N) is 2. The Labute approximate surface area is 147 Å². The van der Waals surface area contributed by atoms with E-state index in [1.54, 1.807) is 18.3 Å². The van der Waals surface area contributed by atoms with Crippen LogP contribution in [0.5, 0.6) is 0 Å². The highest BCUT2D eigenvalue weighted by Crippen LogP contribution is 2.31. The summed E-state index contributed by atoms with van der Waals surface area (Å²) in [6.07, 6.45) is 9.25. The zero-order valence-corrected chi connectivity index (χ0v) is 14.5. The van der Waals surface area contributed by atoms with Crippen molar-refractivity contribution in [3.63, 3.8) is 0 Å². The normalized spacial score (nSPS) is 19.6. The summed E-state index contributed by atoms with van der Waals surface area (Å²) in [5.74, 6) is 1.22. The maximum Gasteiger partial charge on any atom is 0.257 e. The Hall–Kier alpha value is -2.17. The molecule has 5 nitrogen and oxygen atoms in total. The Morgan fingerprint density at radius 1 is 1.20 bits per heavy atom. The molecule has 1 saturated heterocycles. The number of rotatable bonds is 3. The molecule has 1 N–H and O–H groups in total. The van der Waals surface area contributed by atoms with Gasteiger partial charge in [0.1, 0.15) is 0 Å². The maximum absolute atomic E-state index is 12.5. The van der Waals surface area contributed by atoms with Crippen LogP contribution < -0.4 is 5.56 Å². The average molecular weight is 339 g/mol. The van der Waals surface area contributed by atoms with E-state index < -0.39 is 0 Å². The van der Waals surface area contributed by atoms with E-state index >= 15 is 0 Å². The molecule has 0 spiro atoms. The molecule has 0 atom stereocenters. The van der Waals surface area contributed by atoms with Gasteiger partial charge in [0, 0.05) is 37.3 Å². The third kappa shape index (κ3) is 3.46. The van der Waals surface area contributed by atoms with Gasteiger partial charge in [-0.25, -0.2) is 0 Å². The number of hydrogen-bond donors (Lipinski definition) is 1. The van der Waals surface area contributed by atoms with Gasteiger partial charge in [-0.05, 0) is 49.8 Å². The van der Waals surface area contributed by atoms with Gasteiger partial charge in [-0.3, -0.25) is 14.6 Å². The summed E-state index contributed by atoms with van der Waals surface area (Å²) in [4.78, 5) is 34.1. The van der Waals surface area contributed by atoms with Crippen molar-refractivity contribution in [2.45, 2.75) is 50.9 Å². The molecule has 0 unspecified atom stereocenters. The van der Waals surface area contributed by atoms with Crippen molar-refractivity contribution in [1.82, 2.24) is 14.9 Å². The van der Waals surface area contributed by atoms with E-state index in [0.717, 1.165) is 43.6 Å². The van der Waals surface area contributed by atoms with E-state index in [0.29, 0.717) is 23.1 Å². The Kier molecular flexibility index (Phi) is 4.55. The summed E-state index contributed by atoms with van der Waals surface area (Å²) in [6.45, 7) is 1.58. The summed E-state index contributed by atoms with van der Waals surface area (Å²) in [5, 5.41) is 0.635. The topological polar surface area (TPSA) is 66.1 Å². The molecule has 1 amide bonds.